The number of carbonyl (C=O) groups excluding carboxylic acids is 1. The first-order valence-corrected chi connectivity index (χ1v) is 14.6. The number of piperazine rings is 1. The molecule has 1 amide bonds. The maximum atomic E-state index is 12.4. The standard InChI is InChI=1S/C31H37N9O2/c1-5-28(41)40-14-13-39(17-21(40)10-11-32)30-24-18-38(4)27(29-20(2)8-9-25-23(29)16-33-36-25)15-26(24)34-31(35-30)42-19-22-7-6-12-37(22)3/h1,8-9,16,21-22,27H,6-7,10,12-15,17-19H2,2-4H3,(H,33,36)/t21-,22-,27?/m0/s1. The summed E-state index contributed by atoms with van der Waals surface area (Å²) in [5.41, 5.74) is 5.51. The number of H-pyrrole nitrogens is 1. The Morgan fingerprint density at radius 1 is 1.19 bits per heavy atom. The minimum absolute atomic E-state index is 0.104. The van der Waals surface area contributed by atoms with Gasteiger partial charge in [-0.1, -0.05) is 6.07 Å². The molecule has 0 aliphatic carbocycles. The van der Waals surface area contributed by atoms with Crippen molar-refractivity contribution in [1.82, 2.24) is 34.9 Å². The average Bonchev–Trinajstić information content (AvgIpc) is 3.64. The van der Waals surface area contributed by atoms with E-state index >= 15 is 0 Å². The van der Waals surface area contributed by atoms with Gasteiger partial charge in [0.25, 0.3) is 5.91 Å². The van der Waals surface area contributed by atoms with Crippen LogP contribution >= 0.6 is 0 Å². The second-order valence-electron chi connectivity index (χ2n) is 11.7. The van der Waals surface area contributed by atoms with E-state index in [4.69, 9.17) is 21.1 Å². The SMILES string of the molecule is C#CC(=O)N1CCN(c2nc(OC[C@@H]3CCCN3C)nc3c2CN(C)C(c2c(C)ccc4[nH]ncc24)C3)C[C@@H]1CC#N. The van der Waals surface area contributed by atoms with Crippen molar-refractivity contribution in [1.29, 1.82) is 5.26 Å². The lowest BCUT2D eigenvalue weighted by molar-refractivity contribution is -0.127. The van der Waals surface area contributed by atoms with Crippen molar-refractivity contribution in [3.63, 3.8) is 0 Å². The molecule has 1 N–H and O–H groups in total. The van der Waals surface area contributed by atoms with Crippen molar-refractivity contribution in [2.24, 2.45) is 0 Å². The first-order valence-electron chi connectivity index (χ1n) is 14.6. The van der Waals surface area contributed by atoms with Crippen LogP contribution in [0.25, 0.3) is 10.9 Å². The number of hydrogen-bond donors (Lipinski definition) is 1. The Balaban J connectivity index is 1.37. The van der Waals surface area contributed by atoms with Gasteiger partial charge in [-0.3, -0.25) is 14.8 Å². The van der Waals surface area contributed by atoms with Gasteiger partial charge in [-0.2, -0.15) is 20.3 Å². The molecule has 0 spiro atoms. The Bertz CT molecular complexity index is 1570. The lowest BCUT2D eigenvalue weighted by Crippen LogP contribution is -2.55. The van der Waals surface area contributed by atoms with Gasteiger partial charge in [-0.05, 0) is 63.5 Å². The summed E-state index contributed by atoms with van der Waals surface area (Å²) in [6.45, 7) is 5.86. The van der Waals surface area contributed by atoms with Crippen LogP contribution in [-0.4, -0.2) is 99.7 Å². The molecule has 5 heterocycles. The van der Waals surface area contributed by atoms with Gasteiger partial charge in [0.15, 0.2) is 0 Å². The van der Waals surface area contributed by atoms with Crippen LogP contribution in [0.4, 0.5) is 5.82 Å². The molecule has 11 nitrogen and oxygen atoms in total. The minimum atomic E-state index is -0.379. The average molecular weight is 568 g/mol. The highest BCUT2D eigenvalue weighted by molar-refractivity contribution is 5.93. The zero-order chi connectivity index (χ0) is 29.4. The fourth-order valence-corrected chi connectivity index (χ4v) is 6.80. The van der Waals surface area contributed by atoms with Crippen LogP contribution in [-0.2, 0) is 17.8 Å². The van der Waals surface area contributed by atoms with Crippen LogP contribution in [0, 0.1) is 30.6 Å². The number of nitrogens with zero attached hydrogens (tertiary/aromatic N) is 8. The quantitative estimate of drug-likeness (QED) is 0.448. The number of aromatic nitrogens is 4. The monoisotopic (exact) mass is 567 g/mol. The third kappa shape index (κ3) is 5.15. The van der Waals surface area contributed by atoms with Crippen molar-refractivity contribution in [3.8, 4) is 24.4 Å². The number of benzene rings is 1. The Morgan fingerprint density at radius 3 is 2.81 bits per heavy atom. The highest BCUT2D eigenvalue weighted by Crippen LogP contribution is 2.40. The number of aryl methyl sites for hydroxylation is 1. The number of amides is 1. The van der Waals surface area contributed by atoms with E-state index in [0.717, 1.165) is 47.4 Å². The summed E-state index contributed by atoms with van der Waals surface area (Å²) in [6, 6.07) is 6.95. The van der Waals surface area contributed by atoms with Crippen molar-refractivity contribution in [2.45, 2.75) is 57.3 Å². The topological polar surface area (TPSA) is 118 Å². The molecular formula is C31H37N9O2. The molecule has 218 valence electrons. The number of carbonyl (C=O) groups is 1. The molecular weight excluding hydrogens is 530 g/mol. The Labute approximate surface area is 246 Å². The highest BCUT2D eigenvalue weighted by atomic mass is 16.5. The summed E-state index contributed by atoms with van der Waals surface area (Å²) < 4.78 is 6.30. The van der Waals surface area contributed by atoms with Gasteiger partial charge in [-0.15, -0.1) is 6.42 Å². The number of fused-ring (bicyclic) bond motifs is 2. The number of hydrogen-bond acceptors (Lipinski definition) is 9. The second kappa shape index (κ2) is 11.6. The molecule has 11 heteroatoms. The zero-order valence-corrected chi connectivity index (χ0v) is 24.5. The summed E-state index contributed by atoms with van der Waals surface area (Å²) in [7, 11) is 4.27. The first kappa shape index (κ1) is 28.0. The number of nitrogens with one attached hydrogen (secondary N) is 1. The number of likely N-dealkylation sites (tertiary alicyclic amines) is 1. The van der Waals surface area contributed by atoms with Gasteiger partial charge >= 0.3 is 6.01 Å². The maximum absolute atomic E-state index is 12.4. The Kier molecular flexibility index (Phi) is 7.72. The van der Waals surface area contributed by atoms with Gasteiger partial charge < -0.3 is 19.4 Å². The fourth-order valence-electron chi connectivity index (χ4n) is 6.80. The predicted molar refractivity (Wildman–Crippen MR) is 159 cm³/mol. The van der Waals surface area contributed by atoms with Gasteiger partial charge in [0, 0.05) is 55.6 Å². The molecule has 1 unspecified atom stereocenters. The van der Waals surface area contributed by atoms with Crippen LogP contribution in [0.1, 0.15) is 47.7 Å². The molecule has 6 rings (SSSR count). The summed E-state index contributed by atoms with van der Waals surface area (Å²) in [6.07, 6.45) is 10.5. The summed E-state index contributed by atoms with van der Waals surface area (Å²) >= 11 is 0. The van der Waals surface area contributed by atoms with Gasteiger partial charge in [0.1, 0.15) is 12.4 Å². The van der Waals surface area contributed by atoms with Crippen LogP contribution in [0.15, 0.2) is 18.3 Å². The lowest BCUT2D eigenvalue weighted by Gasteiger charge is -2.42. The molecule has 2 saturated heterocycles. The number of rotatable bonds is 6. The van der Waals surface area contributed by atoms with Crippen LogP contribution in [0.5, 0.6) is 6.01 Å². The molecule has 3 aliphatic heterocycles. The molecule has 2 fully saturated rings. The van der Waals surface area contributed by atoms with Crippen molar-refractivity contribution in [2.75, 3.05) is 51.8 Å². The van der Waals surface area contributed by atoms with E-state index in [-0.39, 0.29) is 24.4 Å². The maximum Gasteiger partial charge on any atom is 0.318 e. The van der Waals surface area contributed by atoms with E-state index in [0.29, 0.717) is 51.3 Å². The summed E-state index contributed by atoms with van der Waals surface area (Å²) in [5.74, 6) is 2.66. The molecule has 42 heavy (non-hydrogen) atoms. The van der Waals surface area contributed by atoms with Gasteiger partial charge in [-0.25, -0.2) is 0 Å². The number of terminal acetylenes is 1. The second-order valence-corrected chi connectivity index (χ2v) is 11.7. The third-order valence-corrected chi connectivity index (χ3v) is 9.16. The molecule has 2 aromatic heterocycles. The zero-order valence-electron chi connectivity index (χ0n) is 24.5. The van der Waals surface area contributed by atoms with E-state index in [9.17, 15) is 10.1 Å². The smallest absolute Gasteiger partial charge is 0.318 e. The van der Waals surface area contributed by atoms with E-state index in [2.05, 4.69) is 70.0 Å². The van der Waals surface area contributed by atoms with Crippen molar-refractivity contribution < 1.29 is 9.53 Å². The van der Waals surface area contributed by atoms with Crippen LogP contribution in [0.2, 0.25) is 0 Å². The van der Waals surface area contributed by atoms with E-state index in [1.807, 2.05) is 6.20 Å². The first-order chi connectivity index (χ1) is 20.4. The molecule has 3 aromatic rings. The number of likely N-dealkylation sites (N-methyl/N-ethyl adjacent to an activating group) is 2. The minimum Gasteiger partial charge on any atom is -0.462 e. The van der Waals surface area contributed by atoms with Gasteiger partial charge in [0.2, 0.25) is 0 Å². The molecule has 0 saturated carbocycles. The number of aromatic amines is 1. The molecule has 0 bridgehead atoms. The molecule has 3 aliphatic rings. The Morgan fingerprint density at radius 2 is 2.05 bits per heavy atom. The molecule has 0 radical (unpaired) electrons. The van der Waals surface area contributed by atoms with E-state index in [1.54, 1.807) is 4.90 Å². The summed E-state index contributed by atoms with van der Waals surface area (Å²) in [4.78, 5) is 30.9. The van der Waals surface area contributed by atoms with Crippen LogP contribution < -0.4 is 9.64 Å². The number of ether oxygens (including phenoxy) is 1. The fraction of sp³-hybridized carbons (Fsp3) is 0.516. The lowest BCUT2D eigenvalue weighted by atomic mass is 9.89. The van der Waals surface area contributed by atoms with Crippen molar-refractivity contribution >= 4 is 22.6 Å². The van der Waals surface area contributed by atoms with E-state index < -0.39 is 0 Å². The third-order valence-electron chi connectivity index (χ3n) is 9.16. The normalized spacial score (nSPS) is 23.0. The number of nitriles is 1. The van der Waals surface area contributed by atoms with Crippen molar-refractivity contribution in [3.05, 3.63) is 40.7 Å². The van der Waals surface area contributed by atoms with Gasteiger partial charge in [0.05, 0.1) is 35.9 Å². The number of anilines is 1. The van der Waals surface area contributed by atoms with E-state index in [1.165, 1.54) is 11.1 Å². The highest BCUT2D eigenvalue weighted by Gasteiger charge is 2.36. The molecule has 3 atom stereocenters. The molecule has 1 aromatic carbocycles. The predicted octanol–water partition coefficient (Wildman–Crippen LogP) is 2.43. The Hall–Kier alpha value is -4.19. The largest absolute Gasteiger partial charge is 0.462 e. The van der Waals surface area contributed by atoms with Crippen LogP contribution in [0.3, 0.4) is 0 Å². The summed E-state index contributed by atoms with van der Waals surface area (Å²) in [5, 5.41) is 18.1.